The Kier molecular flexibility index (Phi) is 24.2. The van der Waals surface area contributed by atoms with Crippen molar-refractivity contribution in [2.45, 2.75) is 6.92 Å². The van der Waals surface area contributed by atoms with Crippen LogP contribution in [0.25, 0.3) is 4.91 Å². The summed E-state index contributed by atoms with van der Waals surface area (Å²) in [4.78, 5) is 3.40. The van der Waals surface area contributed by atoms with Gasteiger partial charge in [-0.25, -0.2) is 0 Å². The summed E-state index contributed by atoms with van der Waals surface area (Å²) >= 11 is 20.0. The van der Waals surface area contributed by atoms with Crippen molar-refractivity contribution in [1.82, 2.24) is 0 Å². The third-order valence-corrected chi connectivity index (χ3v) is 3.94. The average molecular weight is 666 g/mol. The second kappa shape index (κ2) is 20.7. The molecule has 0 fully saturated rings. The molecular formula is C19H21Cl2I2N2S2-. The largest absolute Gasteiger partial charge is 1.00 e. The first kappa shape index (κ1) is 31.6. The van der Waals surface area contributed by atoms with Crippen molar-refractivity contribution in [2.24, 2.45) is 5.73 Å². The van der Waals surface area contributed by atoms with Crippen molar-refractivity contribution in [3.05, 3.63) is 76.3 Å². The molecule has 2 N–H and O–H groups in total. The van der Waals surface area contributed by atoms with E-state index in [-0.39, 0.29) is 24.0 Å². The molecule has 0 radical (unpaired) electrons. The first-order valence-electron chi connectivity index (χ1n) is 7.08. The van der Waals surface area contributed by atoms with Gasteiger partial charge < -0.3 is 29.7 Å². The Morgan fingerprint density at radius 2 is 1.48 bits per heavy atom. The van der Waals surface area contributed by atoms with Crippen LogP contribution in [0.3, 0.4) is 0 Å². The molecule has 2 aromatic rings. The summed E-state index contributed by atoms with van der Waals surface area (Å²) in [6.07, 6.45) is 2.00. The van der Waals surface area contributed by atoms with Crippen molar-refractivity contribution < 1.29 is 24.0 Å². The van der Waals surface area contributed by atoms with Crippen LogP contribution in [-0.2, 0) is 0 Å². The predicted octanol–water partition coefficient (Wildman–Crippen LogP) is 4.23. The molecule has 0 saturated carbocycles. The fraction of sp³-hybridized carbons (Fsp3) is 0.158. The number of nitrogens with two attached hydrogens (primary N) is 1. The molecule has 0 aromatic heterocycles. The Morgan fingerprint density at radius 3 is 1.78 bits per heavy atom. The van der Waals surface area contributed by atoms with Gasteiger partial charge in [-0.2, -0.15) is 5.26 Å². The maximum atomic E-state index is 7.32. The molecule has 0 saturated heterocycles. The van der Waals surface area contributed by atoms with E-state index < -0.39 is 0 Å². The number of halogens is 4. The summed E-state index contributed by atoms with van der Waals surface area (Å²) in [7, 11) is 0. The van der Waals surface area contributed by atoms with Gasteiger partial charge in [-0.1, -0.05) is 88.9 Å². The quantitative estimate of drug-likeness (QED) is 0.303. The summed E-state index contributed by atoms with van der Waals surface area (Å²) in [5.41, 5.74) is 7.27. The van der Waals surface area contributed by atoms with E-state index >= 15 is 0 Å². The van der Waals surface area contributed by atoms with Gasteiger partial charge in [0.15, 0.2) is 0 Å². The number of hydrogen-bond donors (Lipinski definition) is 1. The smallest absolute Gasteiger partial charge is 0.104 e. The van der Waals surface area contributed by atoms with Gasteiger partial charge in [-0.3, -0.25) is 0 Å². The van der Waals surface area contributed by atoms with Crippen molar-refractivity contribution in [3.8, 4) is 6.07 Å². The monoisotopic (exact) mass is 665 g/mol. The van der Waals surface area contributed by atoms with E-state index in [0.29, 0.717) is 10.0 Å². The normalized spacial score (nSPS) is 7.89. The lowest BCUT2D eigenvalue weighted by molar-refractivity contribution is -0.00000536. The standard InChI is InChI=1S/C9H9ClS.C7H6ClNS.C2H3N.CH3I.HI/c1-7(11-2)8-4-3-5-9(10)6-8;8-6-3-1-2-5(4-6)7(9)10;1-2-3;1-2;/h3-6H,1H2,2H3;1-4H,(H2,9,10);1H3;1H3;1H/p-1. The van der Waals surface area contributed by atoms with E-state index in [1.165, 1.54) is 6.92 Å². The SMILES string of the molecule is C=C(SC)c1cccc(Cl)c1.CC#N.CI.NC(=S)c1cccc(Cl)c1.[I-]. The van der Waals surface area contributed by atoms with Gasteiger partial charge in [0.1, 0.15) is 4.99 Å². The fourth-order valence-electron chi connectivity index (χ4n) is 1.42. The van der Waals surface area contributed by atoms with Crippen molar-refractivity contribution in [3.63, 3.8) is 0 Å². The summed E-state index contributed by atoms with van der Waals surface area (Å²) in [6.45, 7) is 5.32. The van der Waals surface area contributed by atoms with Crippen molar-refractivity contribution in [2.75, 3.05) is 11.2 Å². The molecule has 2 nitrogen and oxygen atoms in total. The highest BCUT2D eigenvalue weighted by Crippen LogP contribution is 2.24. The van der Waals surface area contributed by atoms with Gasteiger partial charge >= 0.3 is 0 Å². The molecule has 0 atom stereocenters. The molecule has 0 bridgehead atoms. The Bertz CT molecular complexity index is 736. The zero-order valence-electron chi connectivity index (χ0n) is 15.2. The Hall–Kier alpha value is -0.0500. The van der Waals surface area contributed by atoms with E-state index in [0.717, 1.165) is 21.1 Å². The van der Waals surface area contributed by atoms with Crippen LogP contribution in [-0.4, -0.2) is 16.2 Å². The maximum absolute atomic E-state index is 7.32. The topological polar surface area (TPSA) is 49.8 Å². The molecule has 0 spiro atoms. The lowest BCUT2D eigenvalue weighted by Gasteiger charge is -2.00. The number of alkyl halides is 1. The molecule has 0 aliphatic rings. The van der Waals surface area contributed by atoms with Crippen LogP contribution in [0.2, 0.25) is 10.0 Å². The van der Waals surface area contributed by atoms with Crippen LogP contribution in [0.5, 0.6) is 0 Å². The van der Waals surface area contributed by atoms with E-state index in [1.54, 1.807) is 30.0 Å². The summed E-state index contributed by atoms with van der Waals surface area (Å²) < 4.78 is 0. The number of rotatable bonds is 3. The van der Waals surface area contributed by atoms with Crippen molar-refractivity contribution in [1.29, 1.82) is 5.26 Å². The average Bonchev–Trinajstić information content (AvgIpc) is 2.64. The minimum absolute atomic E-state index is 0. The molecular weight excluding hydrogens is 645 g/mol. The second-order valence-corrected chi connectivity index (χ2v) is 6.45. The van der Waals surface area contributed by atoms with E-state index in [2.05, 4.69) is 29.2 Å². The van der Waals surface area contributed by atoms with Crippen LogP contribution in [0, 0.1) is 11.3 Å². The Labute approximate surface area is 213 Å². The number of benzene rings is 2. The molecule has 2 aromatic carbocycles. The van der Waals surface area contributed by atoms with Gasteiger partial charge in [0.05, 0.1) is 6.07 Å². The second-order valence-electron chi connectivity index (χ2n) is 4.24. The highest BCUT2D eigenvalue weighted by molar-refractivity contribution is 14.1. The van der Waals surface area contributed by atoms with Gasteiger partial charge in [0, 0.05) is 27.4 Å². The number of thioether (sulfide) groups is 1. The minimum atomic E-state index is 0. The summed E-state index contributed by atoms with van der Waals surface area (Å²) in [5.74, 6) is 0. The third kappa shape index (κ3) is 16.6. The number of nitrogens with zero attached hydrogens (tertiary/aromatic N) is 1. The molecule has 0 amide bonds. The predicted molar refractivity (Wildman–Crippen MR) is 133 cm³/mol. The molecule has 0 aliphatic carbocycles. The zero-order valence-corrected chi connectivity index (χ0v) is 22.6. The van der Waals surface area contributed by atoms with Gasteiger partial charge in [-0.05, 0) is 41.0 Å². The van der Waals surface area contributed by atoms with Crippen LogP contribution in [0.4, 0.5) is 0 Å². The number of thiocarbonyl (C=S) groups is 1. The first-order valence-corrected chi connectivity index (χ1v) is 11.6. The highest BCUT2D eigenvalue weighted by atomic mass is 127. The lowest BCUT2D eigenvalue weighted by Crippen LogP contribution is -3.00. The van der Waals surface area contributed by atoms with Crippen LogP contribution in [0.1, 0.15) is 18.1 Å². The number of hydrogen-bond acceptors (Lipinski definition) is 3. The van der Waals surface area contributed by atoms with E-state index in [9.17, 15) is 0 Å². The van der Waals surface area contributed by atoms with E-state index in [1.807, 2.05) is 47.6 Å². The van der Waals surface area contributed by atoms with Gasteiger partial charge in [-0.15, -0.1) is 11.8 Å². The molecule has 0 heterocycles. The van der Waals surface area contributed by atoms with E-state index in [4.69, 9.17) is 46.4 Å². The molecule has 2 rings (SSSR count). The Balaban J connectivity index is -0.000000336. The Morgan fingerprint density at radius 1 is 1.11 bits per heavy atom. The molecule has 8 heteroatoms. The molecule has 148 valence electrons. The fourth-order valence-corrected chi connectivity index (χ4v) is 2.29. The van der Waals surface area contributed by atoms with Crippen molar-refractivity contribution >= 4 is 79.7 Å². The zero-order chi connectivity index (χ0) is 20.5. The molecule has 0 aliphatic heterocycles. The third-order valence-electron chi connectivity index (χ3n) is 2.50. The lowest BCUT2D eigenvalue weighted by atomic mass is 10.2. The van der Waals surface area contributed by atoms with Gasteiger partial charge in [0.25, 0.3) is 0 Å². The van der Waals surface area contributed by atoms with Gasteiger partial charge in [0.2, 0.25) is 0 Å². The number of nitriles is 1. The highest BCUT2D eigenvalue weighted by Gasteiger charge is 1.96. The first-order chi connectivity index (χ1) is 12.3. The van der Waals surface area contributed by atoms with Crippen LogP contribution >= 0.6 is 69.8 Å². The summed E-state index contributed by atoms with van der Waals surface area (Å²) in [6, 6.07) is 16.6. The van der Waals surface area contributed by atoms with Crippen LogP contribution in [0.15, 0.2) is 55.1 Å². The van der Waals surface area contributed by atoms with Crippen LogP contribution < -0.4 is 29.7 Å². The maximum Gasteiger partial charge on any atom is 0.104 e. The molecule has 0 unspecified atom stereocenters. The minimum Gasteiger partial charge on any atom is -1.00 e. The summed E-state index contributed by atoms with van der Waals surface area (Å²) in [5, 5.41) is 8.74. The molecule has 27 heavy (non-hydrogen) atoms.